The zero-order valence-electron chi connectivity index (χ0n) is 14.9. The minimum absolute atomic E-state index is 0.0544. The number of nitrogens with one attached hydrogen (secondary N) is 2. The van der Waals surface area contributed by atoms with Crippen molar-refractivity contribution in [1.82, 2.24) is 10.0 Å². The van der Waals surface area contributed by atoms with E-state index in [1.807, 2.05) is 0 Å². The number of nitro groups is 1. The van der Waals surface area contributed by atoms with Crippen LogP contribution in [0.1, 0.15) is 39.5 Å². The van der Waals surface area contributed by atoms with Gasteiger partial charge in [-0.3, -0.25) is 14.8 Å². The summed E-state index contributed by atoms with van der Waals surface area (Å²) in [5.74, 6) is -3.00. The highest BCUT2D eigenvalue weighted by Crippen LogP contribution is 2.36. The summed E-state index contributed by atoms with van der Waals surface area (Å²) < 4.78 is 52.2. The maximum absolute atomic E-state index is 13.2. The molecule has 0 aromatic carbocycles. The fourth-order valence-corrected chi connectivity index (χ4v) is 3.95. The van der Waals surface area contributed by atoms with Crippen molar-refractivity contribution in [2.75, 3.05) is 12.3 Å². The lowest BCUT2D eigenvalue weighted by Crippen LogP contribution is -2.44. The third-order valence-corrected chi connectivity index (χ3v) is 6.22. The maximum Gasteiger partial charge on any atom is 0.265 e. The Morgan fingerprint density at radius 1 is 1.35 bits per heavy atom. The van der Waals surface area contributed by atoms with Gasteiger partial charge in [0, 0.05) is 24.8 Å². The molecule has 148 valence electrons. The highest BCUT2D eigenvalue weighted by Gasteiger charge is 2.37. The van der Waals surface area contributed by atoms with Crippen LogP contribution in [-0.2, 0) is 10.0 Å². The van der Waals surface area contributed by atoms with Crippen LogP contribution in [0, 0.1) is 22.0 Å². The zero-order valence-corrected chi connectivity index (χ0v) is 15.7. The van der Waals surface area contributed by atoms with E-state index in [1.165, 1.54) is 13.0 Å². The first-order valence-corrected chi connectivity index (χ1v) is 10.4. The fraction of sp³-hybridized carbons (Fsp3) is 0.750. The van der Waals surface area contributed by atoms with E-state index in [2.05, 4.69) is 10.0 Å². The molecule has 2 aliphatic rings. The average Bonchev–Trinajstić information content (AvgIpc) is 2.54. The molecular formula is C16H25F2N3O4S. The fourth-order valence-electron chi connectivity index (χ4n) is 3.32. The molecule has 1 saturated carbocycles. The van der Waals surface area contributed by atoms with Gasteiger partial charge in [-0.25, -0.2) is 17.2 Å². The van der Waals surface area contributed by atoms with Gasteiger partial charge < -0.3 is 5.32 Å². The van der Waals surface area contributed by atoms with Crippen molar-refractivity contribution in [2.24, 2.45) is 11.8 Å². The summed E-state index contributed by atoms with van der Waals surface area (Å²) in [5, 5.41) is 14.5. The Labute approximate surface area is 152 Å². The molecule has 0 aliphatic heterocycles. The van der Waals surface area contributed by atoms with Gasteiger partial charge in [0.05, 0.1) is 16.4 Å². The minimum atomic E-state index is -3.53. The lowest BCUT2D eigenvalue weighted by Gasteiger charge is -2.31. The summed E-state index contributed by atoms with van der Waals surface area (Å²) in [6.07, 6.45) is 3.32. The van der Waals surface area contributed by atoms with Gasteiger partial charge >= 0.3 is 0 Å². The van der Waals surface area contributed by atoms with Crippen molar-refractivity contribution in [2.45, 2.75) is 51.5 Å². The first-order chi connectivity index (χ1) is 12.0. The molecule has 2 unspecified atom stereocenters. The zero-order chi connectivity index (χ0) is 19.5. The first kappa shape index (κ1) is 20.8. The molecule has 0 bridgehead atoms. The van der Waals surface area contributed by atoms with E-state index < -0.39 is 26.9 Å². The standard InChI is InChI=1S/C16H25F2N3O4S/c1-3-26(24,25)20-13-8-11(2)15(14(9-13)21(22)23)19-10-12-4-6-16(17,18)7-5-12/h8-9,11-12,15,19-20H,3-7,10H2,1-2H3. The van der Waals surface area contributed by atoms with Crippen LogP contribution < -0.4 is 10.0 Å². The van der Waals surface area contributed by atoms with Crippen molar-refractivity contribution in [3.8, 4) is 0 Å². The van der Waals surface area contributed by atoms with Gasteiger partial charge in [-0.05, 0) is 32.2 Å². The van der Waals surface area contributed by atoms with Crippen LogP contribution in [0.25, 0.3) is 0 Å². The molecular weight excluding hydrogens is 368 g/mol. The predicted octanol–water partition coefficient (Wildman–Crippen LogP) is 2.40. The number of halogens is 2. The Kier molecular flexibility index (Phi) is 6.38. The molecule has 0 aromatic heterocycles. The first-order valence-electron chi connectivity index (χ1n) is 8.72. The Morgan fingerprint density at radius 3 is 2.50 bits per heavy atom. The van der Waals surface area contributed by atoms with Crippen molar-refractivity contribution in [3.63, 3.8) is 0 Å². The summed E-state index contributed by atoms with van der Waals surface area (Å²) in [6.45, 7) is 3.65. The molecule has 0 saturated heterocycles. The normalized spacial score (nSPS) is 26.8. The van der Waals surface area contributed by atoms with Crippen LogP contribution in [0.5, 0.6) is 0 Å². The van der Waals surface area contributed by atoms with Crippen LogP contribution in [0.4, 0.5) is 8.78 Å². The molecule has 7 nitrogen and oxygen atoms in total. The summed E-state index contributed by atoms with van der Waals surface area (Å²) in [5.41, 5.74) is 0.0522. The van der Waals surface area contributed by atoms with Crippen molar-refractivity contribution in [3.05, 3.63) is 33.7 Å². The monoisotopic (exact) mass is 393 g/mol. The van der Waals surface area contributed by atoms with Crippen molar-refractivity contribution < 1.29 is 22.1 Å². The third kappa shape index (κ3) is 5.47. The quantitative estimate of drug-likeness (QED) is 0.511. The topological polar surface area (TPSA) is 101 Å². The molecule has 10 heteroatoms. The Hall–Kier alpha value is -1.55. The summed E-state index contributed by atoms with van der Waals surface area (Å²) in [6, 6.07) is -0.595. The van der Waals surface area contributed by atoms with Crippen molar-refractivity contribution in [1.29, 1.82) is 0 Å². The van der Waals surface area contributed by atoms with E-state index in [0.29, 0.717) is 19.4 Å². The third-order valence-electron chi connectivity index (χ3n) is 4.92. The number of alkyl halides is 2. The summed E-state index contributed by atoms with van der Waals surface area (Å²) >= 11 is 0. The summed E-state index contributed by atoms with van der Waals surface area (Å²) in [7, 11) is -3.53. The Morgan fingerprint density at radius 2 is 1.96 bits per heavy atom. The van der Waals surface area contributed by atoms with E-state index in [1.54, 1.807) is 13.0 Å². The second kappa shape index (κ2) is 7.99. The molecule has 2 rings (SSSR count). The Balaban J connectivity index is 2.04. The highest BCUT2D eigenvalue weighted by molar-refractivity contribution is 7.89. The van der Waals surface area contributed by atoms with E-state index in [4.69, 9.17) is 0 Å². The molecule has 26 heavy (non-hydrogen) atoms. The molecule has 0 radical (unpaired) electrons. The molecule has 0 aromatic rings. The van der Waals surface area contributed by atoms with Gasteiger partial charge in [-0.2, -0.15) is 0 Å². The number of allylic oxidation sites excluding steroid dienone is 1. The van der Waals surface area contributed by atoms with Crippen LogP contribution in [-0.4, -0.2) is 37.6 Å². The minimum Gasteiger partial charge on any atom is -0.304 e. The SMILES string of the molecule is CCS(=O)(=O)NC1=CC(C)C(NCC2CCC(F)(F)CC2)C([N+](=O)[O-])=C1. The second-order valence-electron chi connectivity index (χ2n) is 7.00. The number of hydrogen-bond donors (Lipinski definition) is 2. The number of sulfonamides is 1. The molecule has 1 fully saturated rings. The van der Waals surface area contributed by atoms with E-state index >= 15 is 0 Å². The van der Waals surface area contributed by atoms with E-state index in [9.17, 15) is 27.3 Å². The number of rotatable bonds is 7. The molecule has 2 aliphatic carbocycles. The van der Waals surface area contributed by atoms with Crippen molar-refractivity contribution >= 4 is 10.0 Å². The predicted molar refractivity (Wildman–Crippen MR) is 93.6 cm³/mol. The van der Waals surface area contributed by atoms with E-state index in [-0.39, 0.29) is 41.8 Å². The lowest BCUT2D eigenvalue weighted by atomic mass is 9.86. The molecule has 0 amide bonds. The largest absolute Gasteiger partial charge is 0.304 e. The molecule has 0 heterocycles. The van der Waals surface area contributed by atoms with Crippen LogP contribution in [0.15, 0.2) is 23.5 Å². The van der Waals surface area contributed by atoms with Gasteiger partial charge in [-0.15, -0.1) is 0 Å². The number of nitrogens with zero attached hydrogens (tertiary/aromatic N) is 1. The van der Waals surface area contributed by atoms with Gasteiger partial charge in [0.1, 0.15) is 6.04 Å². The molecule has 0 spiro atoms. The van der Waals surface area contributed by atoms with Gasteiger partial charge in [0.2, 0.25) is 15.9 Å². The maximum atomic E-state index is 13.2. The van der Waals surface area contributed by atoms with Crippen LogP contribution >= 0.6 is 0 Å². The molecule has 2 atom stereocenters. The van der Waals surface area contributed by atoms with E-state index in [0.717, 1.165) is 0 Å². The van der Waals surface area contributed by atoms with Crippen LogP contribution in [0.3, 0.4) is 0 Å². The second-order valence-corrected chi connectivity index (χ2v) is 9.01. The smallest absolute Gasteiger partial charge is 0.265 e. The molecule has 2 N–H and O–H groups in total. The Bertz CT molecular complexity index is 696. The average molecular weight is 393 g/mol. The van der Waals surface area contributed by atoms with Gasteiger partial charge in [0.15, 0.2) is 0 Å². The van der Waals surface area contributed by atoms with Gasteiger partial charge in [-0.1, -0.05) is 13.0 Å². The lowest BCUT2D eigenvalue weighted by molar-refractivity contribution is -0.431. The van der Waals surface area contributed by atoms with Gasteiger partial charge in [0.25, 0.3) is 5.70 Å². The van der Waals surface area contributed by atoms with Crippen LogP contribution in [0.2, 0.25) is 0 Å². The number of hydrogen-bond acceptors (Lipinski definition) is 5. The summed E-state index contributed by atoms with van der Waals surface area (Å²) in [4.78, 5) is 10.9. The highest BCUT2D eigenvalue weighted by atomic mass is 32.2.